The Kier molecular flexibility index (Phi) is 3.24. The van der Waals surface area contributed by atoms with Crippen LogP contribution in [0.1, 0.15) is 25.5 Å². The van der Waals surface area contributed by atoms with Gasteiger partial charge in [0.05, 0.1) is 12.5 Å². The molecule has 0 aliphatic carbocycles. The van der Waals surface area contributed by atoms with Gasteiger partial charge < -0.3 is 14.6 Å². The molecule has 3 rings (SSSR count). The molecule has 5 heteroatoms. The molecule has 21 heavy (non-hydrogen) atoms. The zero-order valence-corrected chi connectivity index (χ0v) is 12.0. The highest BCUT2D eigenvalue weighted by atomic mass is 16.6. The minimum atomic E-state index is -1.85. The molecule has 0 amide bonds. The summed E-state index contributed by atoms with van der Waals surface area (Å²) >= 11 is 0. The molecular weight excluding hydrogens is 272 g/mol. The number of hydrogen-bond donors (Lipinski definition) is 1. The lowest BCUT2D eigenvalue weighted by Crippen LogP contribution is -2.48. The number of aliphatic carboxylic acids is 1. The van der Waals surface area contributed by atoms with Gasteiger partial charge in [0.25, 0.3) is 5.60 Å². The van der Waals surface area contributed by atoms with Crippen LogP contribution in [0.3, 0.4) is 0 Å². The number of esters is 1. The second-order valence-electron chi connectivity index (χ2n) is 6.02. The largest absolute Gasteiger partial charge is 0.479 e. The maximum Gasteiger partial charge on any atom is 0.351 e. The number of fused-ring (bicyclic) bond motifs is 1. The molecular formula is C16H18O5. The zero-order chi connectivity index (χ0) is 15.2. The number of hydrogen-bond acceptors (Lipinski definition) is 4. The van der Waals surface area contributed by atoms with Crippen molar-refractivity contribution in [3.05, 3.63) is 35.9 Å². The van der Waals surface area contributed by atoms with E-state index in [0.717, 1.165) is 5.56 Å². The summed E-state index contributed by atoms with van der Waals surface area (Å²) in [7, 11) is 0. The first kappa shape index (κ1) is 14.1. The number of ether oxygens (including phenoxy) is 2. The van der Waals surface area contributed by atoms with Gasteiger partial charge in [0.1, 0.15) is 6.10 Å². The van der Waals surface area contributed by atoms with Gasteiger partial charge in [-0.1, -0.05) is 44.2 Å². The molecule has 1 N–H and O–H groups in total. The van der Waals surface area contributed by atoms with Crippen molar-refractivity contribution >= 4 is 11.9 Å². The van der Waals surface area contributed by atoms with Gasteiger partial charge in [0.15, 0.2) is 0 Å². The summed E-state index contributed by atoms with van der Waals surface area (Å²) in [6, 6.07) is 9.28. The van der Waals surface area contributed by atoms with E-state index in [4.69, 9.17) is 9.47 Å². The van der Waals surface area contributed by atoms with Crippen molar-refractivity contribution in [1.29, 1.82) is 0 Å². The fourth-order valence-corrected chi connectivity index (χ4v) is 3.45. The summed E-state index contributed by atoms with van der Waals surface area (Å²) in [5, 5.41) is 9.58. The number of cyclic esters (lactones) is 1. The minimum absolute atomic E-state index is 0.0299. The number of carbonyl (C=O) groups is 2. The number of carboxylic acid groups (broad SMARTS) is 1. The van der Waals surface area contributed by atoms with Gasteiger partial charge in [-0.05, 0) is 17.4 Å². The topological polar surface area (TPSA) is 72.8 Å². The van der Waals surface area contributed by atoms with E-state index >= 15 is 0 Å². The predicted molar refractivity (Wildman–Crippen MR) is 73.4 cm³/mol. The van der Waals surface area contributed by atoms with Crippen molar-refractivity contribution in [2.75, 3.05) is 6.61 Å². The third kappa shape index (κ3) is 1.87. The standard InChI is InChI=1S/C16H18O5/c1-9(2)11-8-20-16(14(17)18)12(11)13(21-15(16)19)10-6-4-3-5-7-10/h3-7,9,11-13H,8H2,1-2H3,(H,17,18)/t11-,12+,13+,16-/m0/s1. The summed E-state index contributed by atoms with van der Waals surface area (Å²) < 4.78 is 10.9. The van der Waals surface area contributed by atoms with Crippen molar-refractivity contribution in [3.8, 4) is 0 Å². The molecule has 0 aromatic heterocycles. The Bertz CT molecular complexity index is 567. The van der Waals surface area contributed by atoms with E-state index < -0.39 is 29.6 Å². The molecule has 1 aromatic carbocycles. The maximum atomic E-state index is 12.2. The first-order valence-electron chi connectivity index (χ1n) is 7.12. The van der Waals surface area contributed by atoms with Gasteiger partial charge in [0.2, 0.25) is 0 Å². The van der Waals surface area contributed by atoms with Crippen LogP contribution in [0, 0.1) is 17.8 Å². The van der Waals surface area contributed by atoms with Crippen LogP contribution < -0.4 is 0 Å². The molecule has 4 atom stereocenters. The van der Waals surface area contributed by atoms with Crippen molar-refractivity contribution in [3.63, 3.8) is 0 Å². The van der Waals surface area contributed by atoms with Crippen LogP contribution in [0.25, 0.3) is 0 Å². The Morgan fingerprint density at radius 1 is 1.33 bits per heavy atom. The van der Waals surface area contributed by atoms with Crippen molar-refractivity contribution in [2.24, 2.45) is 17.8 Å². The van der Waals surface area contributed by atoms with Crippen molar-refractivity contribution in [1.82, 2.24) is 0 Å². The normalized spacial score (nSPS) is 34.8. The highest BCUT2D eigenvalue weighted by molar-refractivity contribution is 6.05. The van der Waals surface area contributed by atoms with E-state index in [0.29, 0.717) is 0 Å². The van der Waals surface area contributed by atoms with E-state index in [2.05, 4.69) is 0 Å². The molecule has 2 heterocycles. The molecule has 0 saturated carbocycles. The van der Waals surface area contributed by atoms with E-state index in [-0.39, 0.29) is 18.4 Å². The van der Waals surface area contributed by atoms with Crippen LogP contribution in [0.15, 0.2) is 30.3 Å². The van der Waals surface area contributed by atoms with Crippen LogP contribution in [0.5, 0.6) is 0 Å². The van der Waals surface area contributed by atoms with Gasteiger partial charge in [0, 0.05) is 0 Å². The molecule has 2 aliphatic rings. The first-order chi connectivity index (χ1) is 9.98. The van der Waals surface area contributed by atoms with Gasteiger partial charge in [-0.2, -0.15) is 0 Å². The van der Waals surface area contributed by atoms with Gasteiger partial charge in [-0.25, -0.2) is 9.59 Å². The van der Waals surface area contributed by atoms with Crippen molar-refractivity contribution < 1.29 is 24.2 Å². The molecule has 2 fully saturated rings. The van der Waals surface area contributed by atoms with Gasteiger partial charge >= 0.3 is 11.9 Å². The average molecular weight is 290 g/mol. The van der Waals surface area contributed by atoms with Crippen LogP contribution in [-0.2, 0) is 19.1 Å². The summed E-state index contributed by atoms with van der Waals surface area (Å²) in [5.41, 5.74) is -1.04. The van der Waals surface area contributed by atoms with Crippen LogP contribution in [0.4, 0.5) is 0 Å². The van der Waals surface area contributed by atoms with E-state index in [1.807, 2.05) is 44.2 Å². The third-order valence-electron chi connectivity index (χ3n) is 4.60. The minimum Gasteiger partial charge on any atom is -0.479 e. The lowest BCUT2D eigenvalue weighted by atomic mass is 9.73. The molecule has 2 saturated heterocycles. The molecule has 2 aliphatic heterocycles. The Labute approximate surface area is 122 Å². The maximum absolute atomic E-state index is 12.2. The highest BCUT2D eigenvalue weighted by Crippen LogP contribution is 2.53. The Hall–Kier alpha value is -1.88. The smallest absolute Gasteiger partial charge is 0.351 e. The van der Waals surface area contributed by atoms with Crippen LogP contribution in [0.2, 0.25) is 0 Å². The van der Waals surface area contributed by atoms with Gasteiger partial charge in [-0.15, -0.1) is 0 Å². The van der Waals surface area contributed by atoms with Crippen LogP contribution in [-0.4, -0.2) is 29.3 Å². The first-order valence-corrected chi connectivity index (χ1v) is 7.12. The lowest BCUT2D eigenvalue weighted by molar-refractivity contribution is -0.174. The Morgan fingerprint density at radius 2 is 2.00 bits per heavy atom. The summed E-state index contributed by atoms with van der Waals surface area (Å²) in [6.07, 6.45) is -0.565. The Morgan fingerprint density at radius 3 is 2.57 bits per heavy atom. The lowest BCUT2D eigenvalue weighted by Gasteiger charge is -2.26. The molecule has 1 aromatic rings. The Balaban J connectivity index is 2.08. The quantitative estimate of drug-likeness (QED) is 0.681. The van der Waals surface area contributed by atoms with E-state index in [1.54, 1.807) is 0 Å². The molecule has 0 unspecified atom stereocenters. The number of carbonyl (C=O) groups excluding carboxylic acids is 1. The molecule has 112 valence electrons. The second kappa shape index (κ2) is 4.84. The summed E-state index contributed by atoms with van der Waals surface area (Å²) in [5.74, 6) is -2.35. The fraction of sp³-hybridized carbons (Fsp3) is 0.500. The fourth-order valence-electron chi connectivity index (χ4n) is 3.45. The molecule has 0 bridgehead atoms. The van der Waals surface area contributed by atoms with Crippen molar-refractivity contribution in [2.45, 2.75) is 25.6 Å². The molecule has 0 spiro atoms. The summed E-state index contributed by atoms with van der Waals surface area (Å²) in [4.78, 5) is 24.0. The average Bonchev–Trinajstić information content (AvgIpc) is 2.98. The second-order valence-corrected chi connectivity index (χ2v) is 6.02. The molecule has 5 nitrogen and oxygen atoms in total. The molecule has 0 radical (unpaired) electrons. The van der Waals surface area contributed by atoms with Crippen LogP contribution >= 0.6 is 0 Å². The predicted octanol–water partition coefficient (Wildman–Crippen LogP) is 2.03. The number of rotatable bonds is 3. The number of benzene rings is 1. The van der Waals surface area contributed by atoms with E-state index in [1.165, 1.54) is 0 Å². The summed E-state index contributed by atoms with van der Waals surface area (Å²) in [6.45, 7) is 4.29. The number of carboxylic acids is 1. The monoisotopic (exact) mass is 290 g/mol. The third-order valence-corrected chi connectivity index (χ3v) is 4.60. The SMILES string of the molecule is CC(C)[C@@H]1CO[C@@]2(C(=O)O)C(=O)O[C@H](c3ccccc3)[C@@H]12. The van der Waals surface area contributed by atoms with E-state index in [9.17, 15) is 14.7 Å². The van der Waals surface area contributed by atoms with Gasteiger partial charge in [-0.3, -0.25) is 0 Å². The highest BCUT2D eigenvalue weighted by Gasteiger charge is 2.70. The zero-order valence-electron chi connectivity index (χ0n) is 12.0.